The van der Waals surface area contributed by atoms with Gasteiger partial charge in [-0.3, -0.25) is 9.59 Å². The summed E-state index contributed by atoms with van der Waals surface area (Å²) in [6.07, 6.45) is 1.94. The highest BCUT2D eigenvalue weighted by atomic mass is 16.2. The van der Waals surface area contributed by atoms with Crippen LogP contribution < -0.4 is 16.4 Å². The number of carbonyl (C=O) groups excluding carboxylic acids is 2. The Morgan fingerprint density at radius 3 is 2.57 bits per heavy atom. The molecule has 0 fully saturated rings. The third-order valence-corrected chi connectivity index (χ3v) is 1.63. The maximum atomic E-state index is 11.1. The average Bonchev–Trinajstić information content (AvgIpc) is 2.13. The first-order valence-electron chi connectivity index (χ1n) is 4.92. The van der Waals surface area contributed by atoms with Crippen LogP contribution >= 0.6 is 0 Å². The number of nitrogens with one attached hydrogen (secondary N) is 2. The van der Waals surface area contributed by atoms with Crippen LogP contribution in [0.3, 0.4) is 0 Å². The molecule has 2 amide bonds. The van der Waals surface area contributed by atoms with Gasteiger partial charge in [0.1, 0.15) is 0 Å². The topological polar surface area (TPSA) is 84.2 Å². The van der Waals surface area contributed by atoms with Gasteiger partial charge in [0.05, 0.1) is 6.54 Å². The monoisotopic (exact) mass is 201 g/mol. The third kappa shape index (κ3) is 8.99. The standard InChI is InChI=1S/C9H19N3O2/c1-2-5-11-7-9(14)12-6-3-4-8(10)13/h11H,2-7H2,1H3,(H2,10,13)(H,12,14). The van der Waals surface area contributed by atoms with E-state index in [-0.39, 0.29) is 11.8 Å². The van der Waals surface area contributed by atoms with Crippen LogP contribution in [-0.2, 0) is 9.59 Å². The Balaban J connectivity index is 3.22. The molecular weight excluding hydrogens is 182 g/mol. The highest BCUT2D eigenvalue weighted by molar-refractivity contribution is 5.78. The Labute approximate surface area is 84.4 Å². The molecule has 0 saturated heterocycles. The fourth-order valence-corrected chi connectivity index (χ4v) is 0.932. The van der Waals surface area contributed by atoms with Crippen molar-refractivity contribution >= 4 is 11.8 Å². The molecule has 0 radical (unpaired) electrons. The van der Waals surface area contributed by atoms with Crippen LogP contribution in [0.2, 0.25) is 0 Å². The first-order valence-corrected chi connectivity index (χ1v) is 4.92. The molecule has 0 aromatic heterocycles. The van der Waals surface area contributed by atoms with Gasteiger partial charge in [-0.15, -0.1) is 0 Å². The van der Waals surface area contributed by atoms with Crippen LogP contribution in [0.5, 0.6) is 0 Å². The Morgan fingerprint density at radius 1 is 1.29 bits per heavy atom. The number of hydrogen-bond acceptors (Lipinski definition) is 3. The number of rotatable bonds is 8. The van der Waals surface area contributed by atoms with Crippen molar-refractivity contribution in [1.82, 2.24) is 10.6 Å². The zero-order valence-corrected chi connectivity index (χ0v) is 8.64. The minimum atomic E-state index is -0.330. The first kappa shape index (κ1) is 12.9. The summed E-state index contributed by atoms with van der Waals surface area (Å²) in [5, 5.41) is 5.67. The van der Waals surface area contributed by atoms with Crippen LogP contribution in [0, 0.1) is 0 Å². The summed E-state index contributed by atoms with van der Waals surface area (Å²) in [7, 11) is 0. The number of amides is 2. The second-order valence-electron chi connectivity index (χ2n) is 3.10. The van der Waals surface area contributed by atoms with E-state index in [4.69, 9.17) is 5.73 Å². The molecule has 0 heterocycles. The van der Waals surface area contributed by atoms with Crippen molar-refractivity contribution in [3.8, 4) is 0 Å². The largest absolute Gasteiger partial charge is 0.370 e. The highest BCUT2D eigenvalue weighted by Gasteiger charge is 1.99. The van der Waals surface area contributed by atoms with E-state index in [9.17, 15) is 9.59 Å². The molecule has 4 N–H and O–H groups in total. The molecule has 0 spiro atoms. The predicted molar refractivity (Wildman–Crippen MR) is 54.6 cm³/mol. The average molecular weight is 201 g/mol. The van der Waals surface area contributed by atoms with Crippen LogP contribution in [-0.4, -0.2) is 31.4 Å². The maximum Gasteiger partial charge on any atom is 0.233 e. The molecule has 0 saturated carbocycles. The molecule has 0 aromatic carbocycles. The molecule has 14 heavy (non-hydrogen) atoms. The number of primary amides is 1. The second-order valence-corrected chi connectivity index (χ2v) is 3.10. The summed E-state index contributed by atoms with van der Waals surface area (Å²) in [6.45, 7) is 3.73. The Hall–Kier alpha value is -1.10. The molecule has 0 atom stereocenters. The van der Waals surface area contributed by atoms with E-state index in [0.29, 0.717) is 25.9 Å². The van der Waals surface area contributed by atoms with Crippen molar-refractivity contribution in [2.75, 3.05) is 19.6 Å². The summed E-state index contributed by atoms with van der Waals surface area (Å²) in [5.74, 6) is -0.369. The fraction of sp³-hybridized carbons (Fsp3) is 0.778. The molecule has 0 rings (SSSR count). The van der Waals surface area contributed by atoms with Crippen molar-refractivity contribution in [3.63, 3.8) is 0 Å². The van der Waals surface area contributed by atoms with Gasteiger partial charge in [0, 0.05) is 13.0 Å². The summed E-state index contributed by atoms with van der Waals surface area (Å²) in [4.78, 5) is 21.4. The van der Waals surface area contributed by atoms with Crippen molar-refractivity contribution in [2.24, 2.45) is 5.73 Å². The molecule has 0 aliphatic heterocycles. The van der Waals surface area contributed by atoms with Crippen LogP contribution in [0.25, 0.3) is 0 Å². The number of carbonyl (C=O) groups is 2. The Kier molecular flexibility index (Phi) is 7.83. The van der Waals surface area contributed by atoms with E-state index in [1.165, 1.54) is 0 Å². The molecule has 0 aliphatic carbocycles. The van der Waals surface area contributed by atoms with Gasteiger partial charge in [0.15, 0.2) is 0 Å². The number of nitrogens with two attached hydrogens (primary N) is 1. The molecule has 5 nitrogen and oxygen atoms in total. The van der Waals surface area contributed by atoms with E-state index >= 15 is 0 Å². The Morgan fingerprint density at radius 2 is 2.00 bits per heavy atom. The van der Waals surface area contributed by atoms with E-state index in [1.54, 1.807) is 0 Å². The Bertz CT molecular complexity index is 183. The lowest BCUT2D eigenvalue weighted by Gasteiger charge is -2.04. The molecule has 0 aromatic rings. The van der Waals surface area contributed by atoms with Gasteiger partial charge < -0.3 is 16.4 Å². The molecule has 0 aliphatic rings. The first-order chi connectivity index (χ1) is 6.66. The van der Waals surface area contributed by atoms with Gasteiger partial charge in [-0.1, -0.05) is 6.92 Å². The van der Waals surface area contributed by atoms with Crippen molar-refractivity contribution < 1.29 is 9.59 Å². The fourth-order valence-electron chi connectivity index (χ4n) is 0.932. The minimum absolute atomic E-state index is 0.0390. The quantitative estimate of drug-likeness (QED) is 0.457. The second kappa shape index (κ2) is 8.50. The van der Waals surface area contributed by atoms with Crippen LogP contribution in [0.15, 0.2) is 0 Å². The van der Waals surface area contributed by atoms with Gasteiger partial charge in [-0.05, 0) is 19.4 Å². The van der Waals surface area contributed by atoms with E-state index in [0.717, 1.165) is 13.0 Å². The highest BCUT2D eigenvalue weighted by Crippen LogP contribution is 1.83. The summed E-state index contributed by atoms with van der Waals surface area (Å²) < 4.78 is 0. The summed E-state index contributed by atoms with van der Waals surface area (Å²) >= 11 is 0. The molecular formula is C9H19N3O2. The van der Waals surface area contributed by atoms with Crippen molar-refractivity contribution in [2.45, 2.75) is 26.2 Å². The van der Waals surface area contributed by atoms with E-state index in [1.807, 2.05) is 6.92 Å². The zero-order valence-electron chi connectivity index (χ0n) is 8.64. The SMILES string of the molecule is CCCNCC(=O)NCCCC(N)=O. The number of hydrogen-bond donors (Lipinski definition) is 3. The predicted octanol–water partition coefficient (Wildman–Crippen LogP) is -0.632. The summed E-state index contributed by atoms with van der Waals surface area (Å²) in [6, 6.07) is 0. The van der Waals surface area contributed by atoms with Gasteiger partial charge in [-0.2, -0.15) is 0 Å². The lowest BCUT2D eigenvalue weighted by atomic mass is 10.3. The smallest absolute Gasteiger partial charge is 0.233 e. The lowest BCUT2D eigenvalue weighted by molar-refractivity contribution is -0.121. The zero-order chi connectivity index (χ0) is 10.8. The molecule has 0 unspecified atom stereocenters. The normalized spacial score (nSPS) is 9.79. The van der Waals surface area contributed by atoms with Crippen LogP contribution in [0.4, 0.5) is 0 Å². The van der Waals surface area contributed by atoms with Gasteiger partial charge in [-0.25, -0.2) is 0 Å². The molecule has 82 valence electrons. The van der Waals surface area contributed by atoms with E-state index < -0.39 is 0 Å². The van der Waals surface area contributed by atoms with Crippen molar-refractivity contribution in [1.29, 1.82) is 0 Å². The van der Waals surface area contributed by atoms with E-state index in [2.05, 4.69) is 10.6 Å². The van der Waals surface area contributed by atoms with Gasteiger partial charge in [0.25, 0.3) is 0 Å². The summed E-state index contributed by atoms with van der Waals surface area (Å²) in [5.41, 5.74) is 4.94. The lowest BCUT2D eigenvalue weighted by Crippen LogP contribution is -2.34. The van der Waals surface area contributed by atoms with Gasteiger partial charge >= 0.3 is 0 Å². The molecule has 5 heteroatoms. The van der Waals surface area contributed by atoms with Gasteiger partial charge in [0.2, 0.25) is 11.8 Å². The van der Waals surface area contributed by atoms with Crippen LogP contribution in [0.1, 0.15) is 26.2 Å². The third-order valence-electron chi connectivity index (χ3n) is 1.63. The molecule has 0 bridgehead atoms. The maximum absolute atomic E-state index is 11.1. The minimum Gasteiger partial charge on any atom is -0.370 e. The van der Waals surface area contributed by atoms with Crippen molar-refractivity contribution in [3.05, 3.63) is 0 Å².